The first-order valence-electron chi connectivity index (χ1n) is 9.28. The molecule has 7 nitrogen and oxygen atoms in total. The second-order valence-corrected chi connectivity index (χ2v) is 7.47. The van der Waals surface area contributed by atoms with Crippen molar-refractivity contribution in [3.05, 3.63) is 30.1 Å². The number of benzene rings is 1. The molecular formula is C19H22FN5O2. The number of carbonyl (C=O) groups is 2. The van der Waals surface area contributed by atoms with E-state index in [0.717, 1.165) is 6.42 Å². The Morgan fingerprint density at radius 3 is 2.78 bits per heavy atom. The molecule has 3 unspecified atom stereocenters. The topological polar surface area (TPSA) is 93.7 Å². The maximum Gasteiger partial charge on any atom is 0.244 e. The van der Waals surface area contributed by atoms with Crippen LogP contribution in [0.25, 0.3) is 0 Å². The van der Waals surface area contributed by atoms with Gasteiger partial charge in [0, 0.05) is 25.3 Å². The highest BCUT2D eigenvalue weighted by Gasteiger charge is 2.50. The van der Waals surface area contributed by atoms with Crippen molar-refractivity contribution in [3.63, 3.8) is 0 Å². The summed E-state index contributed by atoms with van der Waals surface area (Å²) in [6.07, 6.45) is 2.19. The minimum atomic E-state index is -0.745. The Morgan fingerprint density at radius 1 is 1.37 bits per heavy atom. The lowest BCUT2D eigenvalue weighted by molar-refractivity contribution is -0.134. The monoisotopic (exact) mass is 371 g/mol. The second-order valence-electron chi connectivity index (χ2n) is 7.47. The van der Waals surface area contributed by atoms with Gasteiger partial charge >= 0.3 is 0 Å². The number of hydrogen-bond acceptors (Lipinski definition) is 5. The maximum atomic E-state index is 13.1. The Balaban J connectivity index is 1.40. The van der Waals surface area contributed by atoms with E-state index in [1.54, 1.807) is 21.9 Å². The zero-order valence-electron chi connectivity index (χ0n) is 14.9. The summed E-state index contributed by atoms with van der Waals surface area (Å²) in [5.74, 6) is -0.586. The molecule has 27 heavy (non-hydrogen) atoms. The van der Waals surface area contributed by atoms with Crippen molar-refractivity contribution in [2.45, 2.75) is 43.4 Å². The summed E-state index contributed by atoms with van der Waals surface area (Å²) in [7, 11) is 0. The number of likely N-dealkylation sites (tertiary alicyclic amines) is 2. The number of fused-ring (bicyclic) bond motifs is 2. The van der Waals surface area contributed by atoms with Crippen LogP contribution in [0.15, 0.2) is 24.3 Å². The lowest BCUT2D eigenvalue weighted by Crippen LogP contribution is -2.56. The summed E-state index contributed by atoms with van der Waals surface area (Å²) < 4.78 is 13.1. The van der Waals surface area contributed by atoms with Gasteiger partial charge < -0.3 is 15.5 Å². The quantitative estimate of drug-likeness (QED) is 0.830. The molecule has 4 atom stereocenters. The molecule has 8 heteroatoms. The van der Waals surface area contributed by atoms with Gasteiger partial charge in [0.05, 0.1) is 24.2 Å². The number of nitrogens with zero attached hydrogens (tertiary/aromatic N) is 4. The Bertz CT molecular complexity index is 792. The predicted molar refractivity (Wildman–Crippen MR) is 96.0 cm³/mol. The minimum absolute atomic E-state index is 0.00825. The van der Waals surface area contributed by atoms with Gasteiger partial charge in [-0.15, -0.1) is 0 Å². The molecule has 3 aliphatic rings. The van der Waals surface area contributed by atoms with Crippen molar-refractivity contribution in [1.29, 1.82) is 5.26 Å². The van der Waals surface area contributed by atoms with Gasteiger partial charge in [-0.3, -0.25) is 14.5 Å². The molecule has 2 amide bonds. The lowest BCUT2D eigenvalue weighted by Gasteiger charge is -2.35. The zero-order chi connectivity index (χ0) is 19.1. The summed E-state index contributed by atoms with van der Waals surface area (Å²) in [5.41, 5.74) is 6.82. The largest absolute Gasteiger partial charge is 0.325 e. The smallest absolute Gasteiger partial charge is 0.244 e. The fraction of sp³-hybridized carbons (Fsp3) is 0.526. The van der Waals surface area contributed by atoms with E-state index in [1.165, 1.54) is 12.1 Å². The summed E-state index contributed by atoms with van der Waals surface area (Å²) in [6.45, 7) is 1.50. The van der Waals surface area contributed by atoms with Gasteiger partial charge in [0.15, 0.2) is 0 Å². The third-order valence-electron chi connectivity index (χ3n) is 5.81. The third-order valence-corrected chi connectivity index (χ3v) is 5.81. The van der Waals surface area contributed by atoms with Crippen molar-refractivity contribution in [2.24, 2.45) is 5.73 Å². The van der Waals surface area contributed by atoms with E-state index in [2.05, 4.69) is 6.07 Å². The van der Waals surface area contributed by atoms with Gasteiger partial charge in [-0.25, -0.2) is 4.39 Å². The van der Waals surface area contributed by atoms with Gasteiger partial charge in [0.1, 0.15) is 11.9 Å². The number of rotatable bonds is 4. The highest BCUT2D eigenvalue weighted by molar-refractivity contribution is 6.01. The van der Waals surface area contributed by atoms with Gasteiger partial charge in [0.25, 0.3) is 0 Å². The normalized spacial score (nSPS) is 28.6. The fourth-order valence-corrected chi connectivity index (χ4v) is 4.51. The minimum Gasteiger partial charge on any atom is -0.325 e. The lowest BCUT2D eigenvalue weighted by atomic mass is 10.2. The third kappa shape index (κ3) is 3.07. The molecule has 1 aromatic rings. The van der Waals surface area contributed by atoms with Gasteiger partial charge in [-0.2, -0.15) is 5.26 Å². The fourth-order valence-electron chi connectivity index (χ4n) is 4.51. The first-order chi connectivity index (χ1) is 13.0. The van der Waals surface area contributed by atoms with Crippen LogP contribution in [0.1, 0.15) is 19.3 Å². The Kier molecular flexibility index (Phi) is 4.58. The second kappa shape index (κ2) is 6.91. The molecule has 3 heterocycles. The Hall–Kier alpha value is -2.50. The maximum absolute atomic E-state index is 13.1. The number of anilines is 1. The first kappa shape index (κ1) is 17.9. The standard InChI is InChI=1S/C19H22FN5O2/c20-12-3-5-13(6-4-12)25-15-8-17(19(25)27)23(10-15)11-16(22)18(26)24-7-1-2-14(24)9-21/h3-6,14-17H,1-2,7-8,10-11,22H2/t14?,15?,16?,17-/m0/s1. The van der Waals surface area contributed by atoms with Crippen LogP contribution in [-0.2, 0) is 9.59 Å². The SMILES string of the molecule is N#CC1CCCN1C(=O)C(N)CN1CC2C[C@H]1C(=O)N2c1ccc(F)cc1. The van der Waals surface area contributed by atoms with E-state index >= 15 is 0 Å². The average Bonchev–Trinajstić information content (AvgIpc) is 3.36. The number of amides is 2. The zero-order valence-corrected chi connectivity index (χ0v) is 14.9. The van der Waals surface area contributed by atoms with E-state index in [1.807, 2.05) is 4.90 Å². The van der Waals surface area contributed by atoms with E-state index < -0.39 is 12.1 Å². The van der Waals surface area contributed by atoms with Crippen molar-refractivity contribution in [2.75, 3.05) is 24.5 Å². The van der Waals surface area contributed by atoms with Crippen LogP contribution in [0.4, 0.5) is 10.1 Å². The molecule has 1 aromatic carbocycles. The van der Waals surface area contributed by atoms with Crippen LogP contribution < -0.4 is 10.6 Å². The number of nitriles is 1. The molecule has 2 N–H and O–H groups in total. The van der Waals surface area contributed by atoms with Crippen LogP contribution in [0.3, 0.4) is 0 Å². The van der Waals surface area contributed by atoms with Gasteiger partial charge in [-0.05, 0) is 43.5 Å². The molecule has 3 aliphatic heterocycles. The number of carbonyl (C=O) groups excluding carboxylic acids is 2. The van der Waals surface area contributed by atoms with E-state index in [0.29, 0.717) is 38.2 Å². The molecule has 142 valence electrons. The Morgan fingerprint density at radius 2 is 2.11 bits per heavy atom. The Labute approximate surface area is 157 Å². The first-order valence-corrected chi connectivity index (χ1v) is 9.28. The van der Waals surface area contributed by atoms with Crippen molar-refractivity contribution in [1.82, 2.24) is 9.80 Å². The number of halogens is 1. The van der Waals surface area contributed by atoms with E-state index in [9.17, 15) is 14.0 Å². The average molecular weight is 371 g/mol. The molecule has 0 aromatic heterocycles. The van der Waals surface area contributed by atoms with E-state index in [4.69, 9.17) is 11.0 Å². The highest BCUT2D eigenvalue weighted by atomic mass is 19.1. The molecule has 0 spiro atoms. The van der Waals surface area contributed by atoms with Crippen LogP contribution in [0, 0.1) is 17.1 Å². The summed E-state index contributed by atoms with van der Waals surface area (Å²) >= 11 is 0. The van der Waals surface area contributed by atoms with Crippen LogP contribution in [-0.4, -0.2) is 65.4 Å². The molecule has 3 saturated heterocycles. The van der Waals surface area contributed by atoms with Crippen LogP contribution in [0.5, 0.6) is 0 Å². The molecule has 0 aliphatic carbocycles. The van der Waals surface area contributed by atoms with Crippen LogP contribution >= 0.6 is 0 Å². The molecule has 4 rings (SSSR count). The number of nitrogens with two attached hydrogens (primary N) is 1. The number of hydrogen-bond donors (Lipinski definition) is 1. The van der Waals surface area contributed by atoms with E-state index in [-0.39, 0.29) is 29.7 Å². The molecular weight excluding hydrogens is 349 g/mol. The molecule has 0 radical (unpaired) electrons. The summed E-state index contributed by atoms with van der Waals surface area (Å²) in [5, 5.41) is 9.16. The number of piperazine rings is 1. The molecule has 2 bridgehead atoms. The van der Waals surface area contributed by atoms with Crippen molar-refractivity contribution >= 4 is 17.5 Å². The summed E-state index contributed by atoms with van der Waals surface area (Å²) in [4.78, 5) is 30.6. The van der Waals surface area contributed by atoms with Gasteiger partial charge in [0.2, 0.25) is 11.8 Å². The molecule has 3 fully saturated rings. The molecule has 0 saturated carbocycles. The summed E-state index contributed by atoms with van der Waals surface area (Å²) in [6, 6.07) is 6.65. The van der Waals surface area contributed by atoms with Crippen molar-refractivity contribution in [3.8, 4) is 6.07 Å². The highest BCUT2D eigenvalue weighted by Crippen LogP contribution is 2.35. The predicted octanol–water partition coefficient (Wildman–Crippen LogP) is 0.457. The van der Waals surface area contributed by atoms with Crippen molar-refractivity contribution < 1.29 is 14.0 Å². The van der Waals surface area contributed by atoms with Crippen LogP contribution in [0.2, 0.25) is 0 Å². The van der Waals surface area contributed by atoms with Gasteiger partial charge in [-0.1, -0.05) is 0 Å².